The van der Waals surface area contributed by atoms with E-state index < -0.39 is 23.0 Å². The van der Waals surface area contributed by atoms with E-state index in [2.05, 4.69) is 9.97 Å². The van der Waals surface area contributed by atoms with Gasteiger partial charge in [-0.1, -0.05) is 0 Å². The first-order valence-electron chi connectivity index (χ1n) is 4.40. The van der Waals surface area contributed by atoms with Crippen LogP contribution in [0.4, 0.5) is 20.4 Å². The first-order valence-corrected chi connectivity index (χ1v) is 4.40. The minimum atomic E-state index is -0.713. The van der Waals surface area contributed by atoms with Crippen LogP contribution in [0, 0.1) is 11.6 Å². The molecule has 2 aromatic rings. The predicted molar refractivity (Wildman–Crippen MR) is 76.5 cm³/mol. The molecule has 0 atom stereocenters. The zero-order chi connectivity index (χ0) is 13.7. The summed E-state index contributed by atoms with van der Waals surface area (Å²) in [7, 11) is 0. The van der Waals surface area contributed by atoms with E-state index >= 15 is 0 Å². The number of hydrogen-bond acceptors (Lipinski definition) is 6. The third-order valence-corrected chi connectivity index (χ3v) is 1.59. The number of halogens is 2. The number of aromatic amines is 2. The fraction of sp³-hybridized carbons (Fsp3) is 0. The van der Waals surface area contributed by atoms with E-state index in [9.17, 15) is 18.4 Å². The summed E-state index contributed by atoms with van der Waals surface area (Å²) < 4.78 is 24.3. The molecule has 2 heterocycles. The molecule has 0 saturated carbocycles. The van der Waals surface area contributed by atoms with E-state index in [0.29, 0.717) is 0 Å². The van der Waals surface area contributed by atoms with Gasteiger partial charge < -0.3 is 38.8 Å². The van der Waals surface area contributed by atoms with E-state index in [-0.39, 0.29) is 39.0 Å². The van der Waals surface area contributed by atoms with Gasteiger partial charge in [0.05, 0.1) is 12.4 Å². The van der Waals surface area contributed by atoms with Gasteiger partial charge in [-0.15, -0.1) is 0 Å². The van der Waals surface area contributed by atoms with E-state index in [4.69, 9.17) is 11.5 Å². The maximum atomic E-state index is 12.1. The van der Waals surface area contributed by atoms with Crippen LogP contribution >= 0.6 is 0 Å². The Morgan fingerprint density at radius 3 is 1.17 bits per heavy atom. The molecule has 0 aliphatic heterocycles. The Morgan fingerprint density at radius 2 is 1.00 bits per heavy atom. The summed E-state index contributed by atoms with van der Waals surface area (Å²) in [6.07, 6.45) is 1.54. The number of nitrogens with zero attached hydrogens (tertiary/aromatic N) is 2. The summed E-state index contributed by atoms with van der Waals surface area (Å²) in [4.78, 5) is 30.6. The molecule has 0 saturated heterocycles. The first-order chi connectivity index (χ1) is 8.40. The zero-order valence-corrected chi connectivity index (χ0v) is 11.3. The molecular formula is C8H18F2N6O7. The quantitative estimate of drug-likeness (QED) is 0.360. The van der Waals surface area contributed by atoms with Crippen LogP contribution in [0.5, 0.6) is 0 Å². The molecule has 0 radical (unpaired) electrons. The van der Waals surface area contributed by atoms with Crippen molar-refractivity contribution in [2.45, 2.75) is 0 Å². The van der Waals surface area contributed by atoms with Crippen molar-refractivity contribution < 1.29 is 36.2 Å². The molecule has 0 bridgehead atoms. The fourth-order valence-corrected chi connectivity index (χ4v) is 0.784. The average molecular weight is 348 g/mol. The van der Waals surface area contributed by atoms with Gasteiger partial charge in [-0.2, -0.15) is 9.97 Å². The molecule has 0 aromatic carbocycles. The Labute approximate surface area is 125 Å². The van der Waals surface area contributed by atoms with Gasteiger partial charge in [0.25, 0.3) is 0 Å². The molecule has 0 fully saturated rings. The number of H-pyrrole nitrogens is 2. The summed E-state index contributed by atoms with van der Waals surface area (Å²) in [6, 6.07) is 0. The van der Waals surface area contributed by atoms with Crippen molar-refractivity contribution in [1.29, 1.82) is 0 Å². The molecule has 2 rings (SSSR count). The van der Waals surface area contributed by atoms with Crippen LogP contribution in [0.25, 0.3) is 0 Å². The molecule has 0 unspecified atom stereocenters. The van der Waals surface area contributed by atoms with Crippen molar-refractivity contribution in [1.82, 2.24) is 19.9 Å². The van der Waals surface area contributed by atoms with Gasteiger partial charge in [-0.25, -0.2) is 18.4 Å². The number of rotatable bonds is 0. The van der Waals surface area contributed by atoms with Crippen molar-refractivity contribution in [2.75, 3.05) is 11.5 Å². The van der Waals surface area contributed by atoms with Gasteiger partial charge in [-0.05, 0) is 0 Å². The summed E-state index contributed by atoms with van der Waals surface area (Å²) in [5, 5.41) is 0. The lowest BCUT2D eigenvalue weighted by Crippen LogP contribution is -2.12. The third kappa shape index (κ3) is 10.4. The maximum Gasteiger partial charge on any atom is 0.346 e. The third-order valence-electron chi connectivity index (χ3n) is 1.59. The van der Waals surface area contributed by atoms with Gasteiger partial charge >= 0.3 is 11.4 Å². The van der Waals surface area contributed by atoms with Crippen LogP contribution in [0.3, 0.4) is 0 Å². The SMILES string of the molecule is Nc1[nH]c(=O)ncc1F.Nc1[nH]c(=O)ncc1F.O.O.O.O.O. The molecular weight excluding hydrogens is 330 g/mol. The van der Waals surface area contributed by atoms with Crippen molar-refractivity contribution >= 4 is 11.6 Å². The molecule has 23 heavy (non-hydrogen) atoms. The van der Waals surface area contributed by atoms with Crippen molar-refractivity contribution in [2.24, 2.45) is 0 Å². The molecule has 2 aromatic heterocycles. The van der Waals surface area contributed by atoms with Crippen LogP contribution in [-0.4, -0.2) is 47.3 Å². The Balaban J connectivity index is -0.0000000771. The van der Waals surface area contributed by atoms with Gasteiger partial charge in [0.2, 0.25) is 0 Å². The second-order valence-corrected chi connectivity index (χ2v) is 2.90. The molecule has 13 nitrogen and oxygen atoms in total. The second-order valence-electron chi connectivity index (χ2n) is 2.90. The molecule has 0 aliphatic rings. The van der Waals surface area contributed by atoms with E-state index in [1.165, 1.54) is 0 Å². The Hall–Kier alpha value is -2.98. The topological polar surface area (TPSA) is 301 Å². The number of nitrogen functional groups attached to an aromatic ring is 2. The van der Waals surface area contributed by atoms with E-state index in [1.54, 1.807) is 0 Å². The van der Waals surface area contributed by atoms with Gasteiger partial charge in [-0.3, -0.25) is 9.97 Å². The Kier molecular flexibility index (Phi) is 19.5. The summed E-state index contributed by atoms with van der Waals surface area (Å²) in [6.45, 7) is 0. The first kappa shape index (κ1) is 32.1. The zero-order valence-electron chi connectivity index (χ0n) is 11.3. The number of nitrogens with two attached hydrogens (primary N) is 2. The van der Waals surface area contributed by atoms with E-state index in [0.717, 1.165) is 12.4 Å². The largest absolute Gasteiger partial charge is 0.412 e. The highest BCUT2D eigenvalue weighted by atomic mass is 19.1. The number of anilines is 2. The monoisotopic (exact) mass is 348 g/mol. The number of hydrogen-bond donors (Lipinski definition) is 4. The Morgan fingerprint density at radius 1 is 0.739 bits per heavy atom. The van der Waals surface area contributed by atoms with Crippen LogP contribution in [0.2, 0.25) is 0 Å². The molecule has 16 N–H and O–H groups in total. The highest BCUT2D eigenvalue weighted by Crippen LogP contribution is 1.97. The Bertz CT molecular complexity index is 606. The van der Waals surface area contributed by atoms with Gasteiger partial charge in [0.15, 0.2) is 11.6 Å². The summed E-state index contributed by atoms with van der Waals surface area (Å²) >= 11 is 0. The molecule has 0 aliphatic carbocycles. The minimum Gasteiger partial charge on any atom is -0.412 e. The highest BCUT2D eigenvalue weighted by molar-refractivity contribution is 5.26. The molecule has 136 valence electrons. The molecule has 0 amide bonds. The minimum absolute atomic E-state index is 0. The smallest absolute Gasteiger partial charge is 0.346 e. The average Bonchev–Trinajstić information content (AvgIpc) is 2.30. The van der Waals surface area contributed by atoms with Crippen molar-refractivity contribution in [3.05, 3.63) is 45.0 Å². The number of nitrogens with one attached hydrogen (secondary N) is 2. The van der Waals surface area contributed by atoms with Crippen LogP contribution in [0.1, 0.15) is 0 Å². The van der Waals surface area contributed by atoms with Crippen LogP contribution < -0.4 is 22.8 Å². The maximum absolute atomic E-state index is 12.1. The van der Waals surface area contributed by atoms with Crippen molar-refractivity contribution in [3.8, 4) is 0 Å². The molecule has 0 spiro atoms. The molecule has 15 heteroatoms. The summed E-state index contributed by atoms with van der Waals surface area (Å²) in [5.41, 5.74) is 8.61. The van der Waals surface area contributed by atoms with Gasteiger partial charge in [0.1, 0.15) is 11.6 Å². The predicted octanol–water partition coefficient (Wildman–Crippen LogP) is -5.14. The number of aromatic nitrogens is 4. The summed E-state index contributed by atoms with van der Waals surface area (Å²) in [5.74, 6) is -1.99. The second kappa shape index (κ2) is 14.0. The van der Waals surface area contributed by atoms with Crippen LogP contribution in [0.15, 0.2) is 22.0 Å². The standard InChI is InChI=1S/2C4H4FN3O.5H2O/c2*5-2-1-7-4(9)8-3(2)6;;;;;/h2*1H,(H3,6,7,8,9);5*1H2. The normalized spacial score (nSPS) is 7.39. The van der Waals surface area contributed by atoms with Crippen LogP contribution in [-0.2, 0) is 0 Å². The highest BCUT2D eigenvalue weighted by Gasteiger charge is 1.96. The van der Waals surface area contributed by atoms with Crippen molar-refractivity contribution in [3.63, 3.8) is 0 Å². The van der Waals surface area contributed by atoms with Gasteiger partial charge in [0, 0.05) is 0 Å². The fourth-order valence-electron chi connectivity index (χ4n) is 0.784. The van der Waals surface area contributed by atoms with E-state index in [1.807, 2.05) is 9.97 Å². The lowest BCUT2D eigenvalue weighted by Gasteiger charge is -1.89. The lowest BCUT2D eigenvalue weighted by atomic mass is 10.6. The lowest BCUT2D eigenvalue weighted by molar-refractivity contribution is 0.617.